The fraction of sp³-hybridized carbons (Fsp3) is 0.286. The molecule has 1 N–H and O–H groups in total. The molecule has 0 heterocycles. The molecular formula is C28H32O4. The molecule has 0 saturated carbocycles. The number of aliphatic hydroxyl groups excluding tert-OH is 1. The summed E-state index contributed by atoms with van der Waals surface area (Å²) in [7, 11) is 1.46. The maximum absolute atomic E-state index is 14.1. The van der Waals surface area contributed by atoms with Gasteiger partial charge < -0.3 is 9.84 Å². The van der Waals surface area contributed by atoms with Crippen molar-refractivity contribution in [3.63, 3.8) is 0 Å². The molecule has 0 fully saturated rings. The van der Waals surface area contributed by atoms with Gasteiger partial charge in [-0.1, -0.05) is 60.7 Å². The molecule has 0 amide bonds. The molecule has 1 aromatic carbocycles. The average molecular weight is 433 g/mol. The Balaban J connectivity index is 2.89. The van der Waals surface area contributed by atoms with Crippen molar-refractivity contribution in [1.29, 1.82) is 0 Å². The number of allylic oxidation sites excluding steroid dienone is 7. The summed E-state index contributed by atoms with van der Waals surface area (Å²) in [5.41, 5.74) is 0.193. The highest BCUT2D eigenvalue weighted by molar-refractivity contribution is 6.34. The molecular weight excluding hydrogens is 400 g/mol. The summed E-state index contributed by atoms with van der Waals surface area (Å²) < 4.78 is 5.74. The van der Waals surface area contributed by atoms with Crippen molar-refractivity contribution in [3.05, 3.63) is 103 Å². The van der Waals surface area contributed by atoms with Crippen LogP contribution in [0.4, 0.5) is 0 Å². The summed E-state index contributed by atoms with van der Waals surface area (Å²) >= 11 is 0. The molecule has 1 aliphatic carbocycles. The molecule has 4 heteroatoms. The van der Waals surface area contributed by atoms with Gasteiger partial charge in [-0.3, -0.25) is 9.59 Å². The average Bonchev–Trinajstić information content (AvgIpc) is 2.78. The SMILES string of the molecule is C=CCC1=C(OC)[C@@](CC=C)(C[C@H](CC=C)C(=C)C)C(=O)/C(=C(\O)c2ccccc2)C1=O. The monoisotopic (exact) mass is 432 g/mol. The third-order valence-electron chi connectivity index (χ3n) is 5.94. The Morgan fingerprint density at radius 3 is 2.28 bits per heavy atom. The molecule has 1 aliphatic rings. The number of ketones is 2. The lowest BCUT2D eigenvalue weighted by molar-refractivity contribution is -0.129. The van der Waals surface area contributed by atoms with E-state index in [1.54, 1.807) is 48.6 Å². The van der Waals surface area contributed by atoms with Crippen LogP contribution < -0.4 is 0 Å². The normalized spacial score (nSPS) is 21.1. The molecule has 2 atom stereocenters. The van der Waals surface area contributed by atoms with Gasteiger partial charge in [0.1, 0.15) is 17.1 Å². The van der Waals surface area contributed by atoms with Crippen LogP contribution in [0.3, 0.4) is 0 Å². The molecule has 0 saturated heterocycles. The van der Waals surface area contributed by atoms with Gasteiger partial charge in [0.05, 0.1) is 12.5 Å². The smallest absolute Gasteiger partial charge is 0.200 e. The van der Waals surface area contributed by atoms with E-state index in [0.29, 0.717) is 29.7 Å². The van der Waals surface area contributed by atoms with Crippen LogP contribution in [-0.2, 0) is 14.3 Å². The van der Waals surface area contributed by atoms with Gasteiger partial charge in [-0.15, -0.1) is 19.7 Å². The van der Waals surface area contributed by atoms with Gasteiger partial charge >= 0.3 is 0 Å². The standard InChI is InChI=1S/C28H32O4/c1-7-13-21(19(4)5)18-28(17-9-3)26(31)23(24(29)20-15-11-10-12-16-20)25(30)22(14-8-2)27(28)32-6/h7-12,15-16,21,29H,1-4,13-14,17-18H2,5-6H3/b24-23-/t21-,28-/m0/s1. The Hall–Kier alpha value is -3.40. The predicted octanol–water partition coefficient (Wildman–Crippen LogP) is 6.31. The first-order valence-electron chi connectivity index (χ1n) is 10.6. The topological polar surface area (TPSA) is 63.6 Å². The van der Waals surface area contributed by atoms with Gasteiger partial charge in [0, 0.05) is 11.1 Å². The molecule has 168 valence electrons. The highest BCUT2D eigenvalue weighted by Crippen LogP contribution is 2.50. The predicted molar refractivity (Wildman–Crippen MR) is 130 cm³/mol. The van der Waals surface area contributed by atoms with E-state index < -0.39 is 17.0 Å². The third-order valence-corrected chi connectivity index (χ3v) is 5.94. The minimum atomic E-state index is -1.20. The van der Waals surface area contributed by atoms with Crippen molar-refractivity contribution in [2.24, 2.45) is 11.3 Å². The molecule has 1 aromatic rings. The molecule has 0 unspecified atom stereocenters. The number of Topliss-reactive ketones (excluding diaryl/α,β-unsaturated/α-hetero) is 2. The summed E-state index contributed by atoms with van der Waals surface area (Å²) in [4.78, 5) is 27.5. The van der Waals surface area contributed by atoms with Crippen molar-refractivity contribution < 1.29 is 19.4 Å². The first kappa shape index (κ1) is 24.9. The van der Waals surface area contributed by atoms with Crippen LogP contribution in [0.15, 0.2) is 97.4 Å². The van der Waals surface area contributed by atoms with Gasteiger partial charge in [0.25, 0.3) is 0 Å². The van der Waals surface area contributed by atoms with Crippen LogP contribution in [0.5, 0.6) is 0 Å². The third kappa shape index (κ3) is 4.59. The number of hydrogen-bond donors (Lipinski definition) is 1. The second kappa shape index (κ2) is 10.8. The number of benzene rings is 1. The van der Waals surface area contributed by atoms with Crippen molar-refractivity contribution in [3.8, 4) is 0 Å². The zero-order valence-electron chi connectivity index (χ0n) is 19.0. The van der Waals surface area contributed by atoms with Crippen molar-refractivity contribution in [2.75, 3.05) is 7.11 Å². The number of methoxy groups -OCH3 is 1. The molecule has 0 aromatic heterocycles. The number of ether oxygens (including phenoxy) is 1. The Morgan fingerprint density at radius 2 is 1.78 bits per heavy atom. The first-order chi connectivity index (χ1) is 15.3. The van der Waals surface area contributed by atoms with Crippen LogP contribution in [0.1, 0.15) is 38.2 Å². The van der Waals surface area contributed by atoms with Crippen LogP contribution in [0.2, 0.25) is 0 Å². The largest absolute Gasteiger partial charge is 0.506 e. The van der Waals surface area contributed by atoms with Gasteiger partial charge in [0.2, 0.25) is 0 Å². The second-order valence-corrected chi connectivity index (χ2v) is 8.10. The Labute approximate surface area is 191 Å². The van der Waals surface area contributed by atoms with E-state index >= 15 is 0 Å². The Bertz CT molecular complexity index is 994. The van der Waals surface area contributed by atoms with Crippen LogP contribution in [0, 0.1) is 11.3 Å². The van der Waals surface area contributed by atoms with E-state index in [4.69, 9.17) is 4.74 Å². The number of rotatable bonds is 11. The summed E-state index contributed by atoms with van der Waals surface area (Å²) in [5, 5.41) is 11.1. The molecule has 0 radical (unpaired) electrons. The van der Waals surface area contributed by atoms with E-state index in [-0.39, 0.29) is 30.1 Å². The van der Waals surface area contributed by atoms with E-state index in [2.05, 4.69) is 26.3 Å². The van der Waals surface area contributed by atoms with Crippen molar-refractivity contribution >= 4 is 17.3 Å². The molecule has 0 spiro atoms. The summed E-state index contributed by atoms with van der Waals surface area (Å²) in [5.74, 6) is -1.10. The highest BCUT2D eigenvalue weighted by Gasteiger charge is 2.53. The van der Waals surface area contributed by atoms with E-state index in [1.807, 2.05) is 6.92 Å². The van der Waals surface area contributed by atoms with E-state index in [0.717, 1.165) is 5.57 Å². The second-order valence-electron chi connectivity index (χ2n) is 8.10. The number of aliphatic hydroxyl groups is 1. The zero-order valence-corrected chi connectivity index (χ0v) is 19.0. The Kier molecular flexibility index (Phi) is 8.36. The number of carbonyl (C=O) groups excluding carboxylic acids is 2. The molecule has 0 bridgehead atoms. The molecule has 2 rings (SSSR count). The van der Waals surface area contributed by atoms with Gasteiger partial charge in [0.15, 0.2) is 11.6 Å². The van der Waals surface area contributed by atoms with Gasteiger partial charge in [-0.05, 0) is 38.5 Å². The lowest BCUT2D eigenvalue weighted by Crippen LogP contribution is -2.44. The minimum absolute atomic E-state index is 0.0696. The van der Waals surface area contributed by atoms with Crippen LogP contribution in [-0.4, -0.2) is 23.8 Å². The highest BCUT2D eigenvalue weighted by atomic mass is 16.5. The fourth-order valence-corrected chi connectivity index (χ4v) is 4.37. The van der Waals surface area contributed by atoms with Crippen LogP contribution >= 0.6 is 0 Å². The summed E-state index contributed by atoms with van der Waals surface area (Å²) in [6.45, 7) is 17.5. The van der Waals surface area contributed by atoms with Crippen molar-refractivity contribution in [1.82, 2.24) is 0 Å². The quantitative estimate of drug-likeness (QED) is 0.193. The molecule has 4 nitrogen and oxygen atoms in total. The minimum Gasteiger partial charge on any atom is -0.506 e. The molecule has 32 heavy (non-hydrogen) atoms. The van der Waals surface area contributed by atoms with E-state index in [1.165, 1.54) is 7.11 Å². The van der Waals surface area contributed by atoms with Crippen LogP contribution in [0.25, 0.3) is 5.76 Å². The van der Waals surface area contributed by atoms with Crippen molar-refractivity contribution in [2.45, 2.75) is 32.6 Å². The zero-order chi connectivity index (χ0) is 23.9. The van der Waals surface area contributed by atoms with Gasteiger partial charge in [-0.25, -0.2) is 0 Å². The van der Waals surface area contributed by atoms with E-state index in [9.17, 15) is 14.7 Å². The lowest BCUT2D eigenvalue weighted by Gasteiger charge is -2.40. The maximum Gasteiger partial charge on any atom is 0.200 e. The number of carbonyl (C=O) groups is 2. The lowest BCUT2D eigenvalue weighted by atomic mass is 9.63. The van der Waals surface area contributed by atoms with Gasteiger partial charge in [-0.2, -0.15) is 0 Å². The number of hydrogen-bond acceptors (Lipinski definition) is 4. The maximum atomic E-state index is 14.1. The summed E-state index contributed by atoms with van der Waals surface area (Å²) in [6.07, 6.45) is 6.46. The molecule has 0 aliphatic heterocycles. The fourth-order valence-electron chi connectivity index (χ4n) is 4.37. The summed E-state index contributed by atoms with van der Waals surface area (Å²) in [6, 6.07) is 8.60. The Morgan fingerprint density at radius 1 is 1.12 bits per heavy atom. The first-order valence-corrected chi connectivity index (χ1v) is 10.6.